The second kappa shape index (κ2) is 5.84. The molecule has 1 aliphatic carbocycles. The van der Waals surface area contributed by atoms with E-state index in [4.69, 9.17) is 4.74 Å². The Labute approximate surface area is 137 Å². The monoisotopic (exact) mass is 313 g/mol. The molecule has 0 spiro atoms. The van der Waals surface area contributed by atoms with Gasteiger partial charge >= 0.3 is 6.09 Å². The maximum Gasteiger partial charge on any atom is 0.410 e. The predicted molar refractivity (Wildman–Crippen MR) is 88.2 cm³/mol. The van der Waals surface area contributed by atoms with Gasteiger partial charge in [0.2, 0.25) is 0 Å². The van der Waals surface area contributed by atoms with Gasteiger partial charge in [-0.1, -0.05) is 36.4 Å². The molecule has 2 fully saturated rings. The molecular formula is C19H23NO3. The van der Waals surface area contributed by atoms with E-state index >= 15 is 0 Å². The topological polar surface area (TPSA) is 46.6 Å². The number of benzene rings is 1. The Morgan fingerprint density at radius 1 is 1.13 bits per heavy atom. The summed E-state index contributed by atoms with van der Waals surface area (Å²) in [4.78, 5) is 25.9. The third-order valence-corrected chi connectivity index (χ3v) is 4.44. The molecule has 1 amide bonds. The lowest BCUT2D eigenvalue weighted by Crippen LogP contribution is -2.36. The molecule has 3 atom stereocenters. The summed E-state index contributed by atoms with van der Waals surface area (Å²) in [5, 5.41) is 0. The van der Waals surface area contributed by atoms with Gasteiger partial charge in [0.05, 0.1) is 0 Å². The highest BCUT2D eigenvalue weighted by atomic mass is 16.6. The number of hydrogen-bond acceptors (Lipinski definition) is 3. The van der Waals surface area contributed by atoms with Crippen molar-refractivity contribution >= 4 is 11.9 Å². The first-order valence-electron chi connectivity index (χ1n) is 8.11. The maximum atomic E-state index is 12.1. The molecule has 1 heterocycles. The quantitative estimate of drug-likeness (QED) is 0.633. The summed E-state index contributed by atoms with van der Waals surface area (Å²) in [6.45, 7) is 7.09. The Bertz CT molecular complexity index is 618. The van der Waals surface area contributed by atoms with Crippen molar-refractivity contribution < 1.29 is 14.3 Å². The first-order valence-corrected chi connectivity index (χ1v) is 8.11. The van der Waals surface area contributed by atoms with Crippen LogP contribution in [0.1, 0.15) is 31.1 Å². The molecule has 0 radical (unpaired) electrons. The van der Waals surface area contributed by atoms with E-state index < -0.39 is 5.60 Å². The largest absolute Gasteiger partial charge is 0.444 e. The summed E-state index contributed by atoms with van der Waals surface area (Å²) < 4.78 is 5.40. The number of likely N-dealkylation sites (tertiary alicyclic amines) is 1. The van der Waals surface area contributed by atoms with Crippen molar-refractivity contribution in [2.75, 3.05) is 13.1 Å². The second-order valence-electron chi connectivity index (χ2n) is 7.38. The van der Waals surface area contributed by atoms with Crippen LogP contribution in [0.4, 0.5) is 4.79 Å². The van der Waals surface area contributed by atoms with Crippen molar-refractivity contribution in [3.05, 3.63) is 48.0 Å². The van der Waals surface area contributed by atoms with Gasteiger partial charge in [0, 0.05) is 18.7 Å². The van der Waals surface area contributed by atoms with Crippen LogP contribution in [0, 0.1) is 17.8 Å². The van der Waals surface area contributed by atoms with Crippen molar-refractivity contribution in [2.24, 2.45) is 17.8 Å². The average molecular weight is 313 g/mol. The van der Waals surface area contributed by atoms with Gasteiger partial charge in [0.15, 0.2) is 5.78 Å². The zero-order valence-corrected chi connectivity index (χ0v) is 13.9. The molecule has 4 heteroatoms. The van der Waals surface area contributed by atoms with Crippen LogP contribution in [0.5, 0.6) is 0 Å². The molecule has 2 aliphatic rings. The fraction of sp³-hybridized carbons (Fsp3) is 0.474. The molecule has 1 saturated heterocycles. The van der Waals surface area contributed by atoms with Gasteiger partial charge in [0.1, 0.15) is 5.60 Å². The molecule has 0 N–H and O–H groups in total. The van der Waals surface area contributed by atoms with Crippen LogP contribution in [-0.2, 0) is 4.74 Å². The summed E-state index contributed by atoms with van der Waals surface area (Å²) in [5.74, 6) is 1.41. The van der Waals surface area contributed by atoms with Crippen molar-refractivity contribution in [3.8, 4) is 0 Å². The van der Waals surface area contributed by atoms with E-state index in [9.17, 15) is 9.59 Å². The van der Waals surface area contributed by atoms with Gasteiger partial charge < -0.3 is 9.64 Å². The van der Waals surface area contributed by atoms with E-state index in [-0.39, 0.29) is 11.9 Å². The fourth-order valence-electron chi connectivity index (χ4n) is 3.23. The second-order valence-corrected chi connectivity index (χ2v) is 7.38. The number of allylic oxidation sites excluding steroid dienone is 2. The number of ketones is 1. The highest BCUT2D eigenvalue weighted by molar-refractivity contribution is 6.04. The van der Waals surface area contributed by atoms with E-state index in [1.807, 2.05) is 57.2 Å². The number of amides is 1. The fourth-order valence-corrected chi connectivity index (χ4v) is 3.23. The van der Waals surface area contributed by atoms with Gasteiger partial charge in [-0.25, -0.2) is 4.79 Å². The summed E-state index contributed by atoms with van der Waals surface area (Å²) >= 11 is 0. The van der Waals surface area contributed by atoms with Crippen molar-refractivity contribution in [2.45, 2.75) is 26.4 Å². The molecule has 3 rings (SSSR count). The van der Waals surface area contributed by atoms with Crippen molar-refractivity contribution in [1.29, 1.82) is 0 Å². The number of rotatable bonds is 3. The zero-order chi connectivity index (χ0) is 16.6. The Hall–Kier alpha value is -2.10. The highest BCUT2D eigenvalue weighted by Gasteiger charge is 2.55. The van der Waals surface area contributed by atoms with Crippen molar-refractivity contribution in [1.82, 2.24) is 4.90 Å². The minimum absolute atomic E-state index is 0.0413. The lowest BCUT2D eigenvalue weighted by molar-refractivity contribution is 0.0269. The Kier molecular flexibility index (Phi) is 4.00. The Balaban J connectivity index is 1.50. The number of nitrogens with zero attached hydrogens (tertiary/aromatic N) is 1. The molecular weight excluding hydrogens is 290 g/mol. The maximum absolute atomic E-state index is 12.1. The smallest absolute Gasteiger partial charge is 0.410 e. The number of carbonyl (C=O) groups excluding carboxylic acids is 2. The average Bonchev–Trinajstić information content (AvgIpc) is 2.93. The van der Waals surface area contributed by atoms with Gasteiger partial charge in [-0.05, 0) is 44.6 Å². The van der Waals surface area contributed by atoms with Crippen LogP contribution in [0.2, 0.25) is 0 Å². The van der Waals surface area contributed by atoms with Crippen LogP contribution >= 0.6 is 0 Å². The molecule has 1 aliphatic heterocycles. The van der Waals surface area contributed by atoms with E-state index in [1.165, 1.54) is 0 Å². The summed E-state index contributed by atoms with van der Waals surface area (Å²) in [5.41, 5.74) is 0.260. The van der Waals surface area contributed by atoms with E-state index in [0.29, 0.717) is 23.3 Å². The van der Waals surface area contributed by atoms with Gasteiger partial charge in [-0.3, -0.25) is 4.79 Å². The molecule has 1 aromatic rings. The predicted octanol–water partition coefficient (Wildman–Crippen LogP) is 3.54. The minimum Gasteiger partial charge on any atom is -0.444 e. The number of fused-ring (bicyclic) bond motifs is 1. The SMILES string of the molecule is CC(C)(C)OC(=O)N1C[C@@H]2[C@@H](/C=C/C(=O)c3ccccc3)[C@@H]2C1. The van der Waals surface area contributed by atoms with E-state index in [0.717, 1.165) is 13.1 Å². The van der Waals surface area contributed by atoms with Crippen molar-refractivity contribution in [3.63, 3.8) is 0 Å². The standard InChI is InChI=1S/C19H23NO3/c1-19(2,3)23-18(22)20-11-15-14(16(15)12-20)9-10-17(21)13-7-5-4-6-8-13/h4-10,14-16H,11-12H2,1-3H3/b10-9+/t14-,15-,16+. The molecule has 0 bridgehead atoms. The molecule has 4 nitrogen and oxygen atoms in total. The number of hydrogen-bond donors (Lipinski definition) is 0. The van der Waals surface area contributed by atoms with E-state index in [2.05, 4.69) is 0 Å². The van der Waals surface area contributed by atoms with Crippen LogP contribution in [0.15, 0.2) is 42.5 Å². The number of carbonyl (C=O) groups is 2. The zero-order valence-electron chi connectivity index (χ0n) is 13.9. The Morgan fingerprint density at radius 3 is 2.30 bits per heavy atom. The van der Waals surface area contributed by atoms with Gasteiger partial charge in [-0.2, -0.15) is 0 Å². The summed E-state index contributed by atoms with van der Waals surface area (Å²) in [7, 11) is 0. The number of ether oxygens (including phenoxy) is 1. The molecule has 0 unspecified atom stereocenters. The first-order chi connectivity index (χ1) is 10.8. The summed E-state index contributed by atoms with van der Waals surface area (Å²) in [6, 6.07) is 9.28. The molecule has 122 valence electrons. The van der Waals surface area contributed by atoms with Crippen LogP contribution in [-0.4, -0.2) is 35.5 Å². The first kappa shape index (κ1) is 15.8. The Morgan fingerprint density at radius 2 is 1.74 bits per heavy atom. The molecule has 1 aromatic carbocycles. The molecule has 1 saturated carbocycles. The van der Waals surface area contributed by atoms with Crippen LogP contribution in [0.3, 0.4) is 0 Å². The minimum atomic E-state index is -0.453. The normalized spacial score (nSPS) is 26.2. The summed E-state index contributed by atoms with van der Waals surface area (Å²) in [6.07, 6.45) is 3.46. The number of piperidine rings is 1. The molecule has 0 aromatic heterocycles. The molecule has 23 heavy (non-hydrogen) atoms. The lowest BCUT2D eigenvalue weighted by atomic mass is 10.1. The van der Waals surface area contributed by atoms with Gasteiger partial charge in [-0.15, -0.1) is 0 Å². The van der Waals surface area contributed by atoms with Gasteiger partial charge in [0.25, 0.3) is 0 Å². The third-order valence-electron chi connectivity index (χ3n) is 4.44. The van der Waals surface area contributed by atoms with E-state index in [1.54, 1.807) is 11.0 Å². The van der Waals surface area contributed by atoms with Crippen LogP contribution < -0.4 is 0 Å². The van der Waals surface area contributed by atoms with Crippen LogP contribution in [0.25, 0.3) is 0 Å². The lowest BCUT2D eigenvalue weighted by Gasteiger charge is -2.25. The highest BCUT2D eigenvalue weighted by Crippen LogP contribution is 2.52. The third kappa shape index (κ3) is 3.63.